The average Bonchev–Trinajstić information content (AvgIpc) is 2.31. The summed E-state index contributed by atoms with van der Waals surface area (Å²) in [6.45, 7) is 0. The Morgan fingerprint density at radius 1 is 1.22 bits per heavy atom. The summed E-state index contributed by atoms with van der Waals surface area (Å²) in [4.78, 5) is 0.159. The maximum absolute atomic E-state index is 13.2. The number of anilines is 2. The monoisotopic (exact) mass is 324 g/mol. The van der Waals surface area contributed by atoms with Crippen LogP contribution < -0.4 is 11.1 Å². The first-order chi connectivity index (χ1) is 8.56. The number of hydrogen-bond acceptors (Lipinski definition) is 2. The Hall–Kier alpha value is -1.46. The van der Waals surface area contributed by atoms with Crippen molar-refractivity contribution in [2.24, 2.45) is 5.73 Å². The van der Waals surface area contributed by atoms with Crippen LogP contribution in [0.25, 0.3) is 0 Å². The van der Waals surface area contributed by atoms with Gasteiger partial charge in [0.15, 0.2) is 0 Å². The maximum Gasteiger partial charge on any atom is 0.124 e. The van der Waals surface area contributed by atoms with Crippen LogP contribution in [0.15, 0.2) is 46.9 Å². The number of thiocarbonyl (C=S) groups is 1. The van der Waals surface area contributed by atoms with Crippen molar-refractivity contribution in [2.75, 3.05) is 5.32 Å². The summed E-state index contributed by atoms with van der Waals surface area (Å²) in [6.07, 6.45) is 0. The molecule has 0 aliphatic heterocycles. The van der Waals surface area contributed by atoms with Gasteiger partial charge in [-0.2, -0.15) is 0 Å². The van der Waals surface area contributed by atoms with Crippen LogP contribution >= 0.6 is 28.1 Å². The lowest BCUT2D eigenvalue weighted by Crippen LogP contribution is -2.12. The highest BCUT2D eigenvalue weighted by atomic mass is 79.9. The maximum atomic E-state index is 13.2. The Morgan fingerprint density at radius 3 is 2.67 bits per heavy atom. The van der Waals surface area contributed by atoms with Crippen LogP contribution in [-0.2, 0) is 0 Å². The van der Waals surface area contributed by atoms with Gasteiger partial charge >= 0.3 is 0 Å². The highest BCUT2D eigenvalue weighted by Crippen LogP contribution is 2.24. The van der Waals surface area contributed by atoms with E-state index < -0.39 is 0 Å². The van der Waals surface area contributed by atoms with E-state index >= 15 is 0 Å². The largest absolute Gasteiger partial charge is 0.389 e. The van der Waals surface area contributed by atoms with Crippen molar-refractivity contribution >= 4 is 44.5 Å². The summed E-state index contributed by atoms with van der Waals surface area (Å²) in [7, 11) is 0. The minimum Gasteiger partial charge on any atom is -0.389 e. The predicted molar refractivity (Wildman–Crippen MR) is 79.7 cm³/mol. The molecule has 92 valence electrons. The fraction of sp³-hybridized carbons (Fsp3) is 0. The lowest BCUT2D eigenvalue weighted by Gasteiger charge is -2.11. The third kappa shape index (κ3) is 3.05. The Morgan fingerprint density at radius 2 is 2.00 bits per heavy atom. The van der Waals surface area contributed by atoms with E-state index in [2.05, 4.69) is 21.2 Å². The number of halogens is 2. The third-order valence-corrected chi connectivity index (χ3v) is 3.06. The minimum absolute atomic E-state index is 0.159. The molecule has 0 aliphatic carbocycles. The standard InChI is InChI=1S/C13H10BrFN2S/c14-8-2-1-3-10(6-8)17-12-5-4-9(15)7-11(12)13(16)18/h1-7,17H,(H2,16,18). The van der Waals surface area contributed by atoms with Gasteiger partial charge in [0.2, 0.25) is 0 Å². The Kier molecular flexibility index (Phi) is 3.93. The molecule has 0 heterocycles. The Bertz CT molecular complexity index is 601. The van der Waals surface area contributed by atoms with Gasteiger partial charge in [-0.05, 0) is 36.4 Å². The van der Waals surface area contributed by atoms with Crippen molar-refractivity contribution < 1.29 is 4.39 Å². The van der Waals surface area contributed by atoms with Gasteiger partial charge in [0.25, 0.3) is 0 Å². The molecule has 0 radical (unpaired) electrons. The fourth-order valence-electron chi connectivity index (χ4n) is 1.55. The molecule has 0 saturated carbocycles. The number of rotatable bonds is 3. The molecule has 0 aliphatic rings. The number of benzene rings is 2. The first kappa shape index (κ1) is 13.0. The summed E-state index contributed by atoms with van der Waals surface area (Å²) in [5.41, 5.74) is 7.62. The van der Waals surface area contributed by atoms with Gasteiger partial charge in [-0.3, -0.25) is 0 Å². The van der Waals surface area contributed by atoms with Crippen molar-refractivity contribution in [3.63, 3.8) is 0 Å². The van der Waals surface area contributed by atoms with Crippen molar-refractivity contribution in [3.05, 3.63) is 58.3 Å². The molecule has 2 nitrogen and oxygen atoms in total. The third-order valence-electron chi connectivity index (χ3n) is 2.35. The molecule has 2 rings (SSSR count). The van der Waals surface area contributed by atoms with Crippen LogP contribution in [0.4, 0.5) is 15.8 Å². The van der Waals surface area contributed by atoms with Gasteiger partial charge in [0.05, 0.1) is 0 Å². The van der Waals surface area contributed by atoms with E-state index in [1.165, 1.54) is 12.1 Å². The van der Waals surface area contributed by atoms with E-state index in [1.54, 1.807) is 6.07 Å². The molecule has 0 saturated heterocycles. The molecular weight excluding hydrogens is 315 g/mol. The van der Waals surface area contributed by atoms with E-state index in [4.69, 9.17) is 18.0 Å². The zero-order chi connectivity index (χ0) is 13.1. The van der Waals surface area contributed by atoms with Crippen molar-refractivity contribution in [1.82, 2.24) is 0 Å². The van der Waals surface area contributed by atoms with Crippen LogP contribution in [0.3, 0.4) is 0 Å². The van der Waals surface area contributed by atoms with Crippen LogP contribution in [0.1, 0.15) is 5.56 Å². The molecule has 0 fully saturated rings. The molecule has 0 unspecified atom stereocenters. The first-order valence-corrected chi connectivity index (χ1v) is 6.38. The van der Waals surface area contributed by atoms with E-state index in [-0.39, 0.29) is 10.8 Å². The van der Waals surface area contributed by atoms with E-state index in [9.17, 15) is 4.39 Å². The van der Waals surface area contributed by atoms with Gasteiger partial charge < -0.3 is 11.1 Å². The van der Waals surface area contributed by atoms with E-state index in [0.29, 0.717) is 11.3 Å². The molecule has 0 spiro atoms. The lowest BCUT2D eigenvalue weighted by molar-refractivity contribution is 0.628. The summed E-state index contributed by atoms with van der Waals surface area (Å²) in [5, 5.41) is 3.16. The second-order valence-corrected chi connectivity index (χ2v) is 5.05. The molecule has 3 N–H and O–H groups in total. The molecule has 0 atom stereocenters. The number of hydrogen-bond donors (Lipinski definition) is 2. The summed E-state index contributed by atoms with van der Waals surface area (Å²) >= 11 is 8.30. The average molecular weight is 325 g/mol. The van der Waals surface area contributed by atoms with Gasteiger partial charge in [0, 0.05) is 21.4 Å². The summed E-state index contributed by atoms with van der Waals surface area (Å²) in [5.74, 6) is -0.363. The molecule has 2 aromatic rings. The molecule has 0 aromatic heterocycles. The highest BCUT2D eigenvalue weighted by molar-refractivity contribution is 9.10. The summed E-state index contributed by atoms with van der Waals surface area (Å²) < 4.78 is 14.1. The van der Waals surface area contributed by atoms with Gasteiger partial charge in [-0.1, -0.05) is 34.2 Å². The normalized spacial score (nSPS) is 10.1. The van der Waals surface area contributed by atoms with Crippen molar-refractivity contribution in [1.29, 1.82) is 0 Å². The van der Waals surface area contributed by atoms with Crippen molar-refractivity contribution in [3.8, 4) is 0 Å². The number of nitrogens with one attached hydrogen (secondary N) is 1. The fourth-order valence-corrected chi connectivity index (χ4v) is 2.12. The van der Waals surface area contributed by atoms with Crippen molar-refractivity contribution in [2.45, 2.75) is 0 Å². The second-order valence-electron chi connectivity index (χ2n) is 3.69. The molecular formula is C13H10BrFN2S. The van der Waals surface area contributed by atoms with Crippen LogP contribution in [0, 0.1) is 5.82 Å². The zero-order valence-corrected chi connectivity index (χ0v) is 11.7. The van der Waals surface area contributed by atoms with Crippen LogP contribution in [0.2, 0.25) is 0 Å². The molecule has 0 bridgehead atoms. The Labute approximate surface area is 118 Å². The predicted octanol–water partition coefficient (Wildman–Crippen LogP) is 3.97. The first-order valence-electron chi connectivity index (χ1n) is 5.18. The van der Waals surface area contributed by atoms with Gasteiger partial charge in [0.1, 0.15) is 10.8 Å². The second kappa shape index (κ2) is 5.46. The molecule has 18 heavy (non-hydrogen) atoms. The minimum atomic E-state index is -0.363. The van der Waals surface area contributed by atoms with Crippen LogP contribution in [-0.4, -0.2) is 4.99 Å². The quantitative estimate of drug-likeness (QED) is 0.839. The van der Waals surface area contributed by atoms with E-state index in [0.717, 1.165) is 10.2 Å². The SMILES string of the molecule is NC(=S)c1cc(F)ccc1Nc1cccc(Br)c1. The highest BCUT2D eigenvalue weighted by Gasteiger charge is 2.07. The molecule has 0 amide bonds. The molecule has 5 heteroatoms. The summed E-state index contributed by atoms with van der Waals surface area (Å²) in [6, 6.07) is 11.9. The topological polar surface area (TPSA) is 38.0 Å². The Balaban J connectivity index is 2.37. The zero-order valence-electron chi connectivity index (χ0n) is 9.28. The van der Waals surface area contributed by atoms with E-state index in [1.807, 2.05) is 24.3 Å². The smallest absolute Gasteiger partial charge is 0.124 e. The molecule has 2 aromatic carbocycles. The van der Waals surface area contributed by atoms with Gasteiger partial charge in [-0.25, -0.2) is 4.39 Å². The van der Waals surface area contributed by atoms with Gasteiger partial charge in [-0.15, -0.1) is 0 Å². The number of nitrogens with two attached hydrogens (primary N) is 1. The lowest BCUT2D eigenvalue weighted by atomic mass is 10.1. The van der Waals surface area contributed by atoms with Crippen LogP contribution in [0.5, 0.6) is 0 Å².